The van der Waals surface area contributed by atoms with Crippen molar-refractivity contribution in [3.63, 3.8) is 0 Å². The molecule has 0 radical (unpaired) electrons. The Labute approximate surface area is 110 Å². The first-order valence-corrected chi connectivity index (χ1v) is 5.69. The molecule has 0 aliphatic rings. The molecule has 0 aliphatic carbocycles. The van der Waals surface area contributed by atoms with Crippen molar-refractivity contribution in [1.82, 2.24) is 4.98 Å². The Bertz CT molecular complexity index is 604. The van der Waals surface area contributed by atoms with Crippen molar-refractivity contribution in [1.29, 1.82) is 0 Å². The topological polar surface area (TPSA) is 59.4 Å². The Hall–Kier alpha value is -1.95. The third-order valence-electron chi connectivity index (χ3n) is 2.05. The average molecular weight is 312 g/mol. The second-order valence-corrected chi connectivity index (χ2v) is 4.26. The normalized spacial score (nSPS) is 10.1. The Balaban J connectivity index is 2.31. The van der Waals surface area contributed by atoms with E-state index >= 15 is 0 Å². The quantitative estimate of drug-likeness (QED) is 0.943. The molecule has 1 aromatic carbocycles. The van der Waals surface area contributed by atoms with Crippen LogP contribution in [0.5, 0.6) is 11.6 Å². The number of ether oxygens (including phenoxy) is 1. The van der Waals surface area contributed by atoms with E-state index in [-0.39, 0.29) is 17.3 Å². The fourth-order valence-corrected chi connectivity index (χ4v) is 1.60. The number of pyridine rings is 1. The maximum absolute atomic E-state index is 13.4. The van der Waals surface area contributed by atoms with Gasteiger partial charge in [-0.25, -0.2) is 14.2 Å². The molecule has 4 nitrogen and oxygen atoms in total. The number of aromatic nitrogens is 1. The Morgan fingerprint density at radius 1 is 1.33 bits per heavy atom. The minimum atomic E-state index is -1.17. The van der Waals surface area contributed by atoms with Gasteiger partial charge >= 0.3 is 5.97 Å². The third kappa shape index (κ3) is 2.84. The van der Waals surface area contributed by atoms with Gasteiger partial charge in [0, 0.05) is 10.5 Å². The smallest absolute Gasteiger partial charge is 0.354 e. The minimum absolute atomic E-state index is 0.0203. The second kappa shape index (κ2) is 5.14. The lowest BCUT2D eigenvalue weighted by molar-refractivity contribution is 0.0689. The van der Waals surface area contributed by atoms with Gasteiger partial charge in [-0.05, 0) is 24.3 Å². The van der Waals surface area contributed by atoms with Crippen molar-refractivity contribution in [2.24, 2.45) is 0 Å². The Morgan fingerprint density at radius 2 is 2.11 bits per heavy atom. The number of carboxylic acids is 1. The number of aromatic carboxylic acids is 1. The highest BCUT2D eigenvalue weighted by molar-refractivity contribution is 9.10. The van der Waals surface area contributed by atoms with Gasteiger partial charge in [-0.15, -0.1) is 0 Å². The predicted molar refractivity (Wildman–Crippen MR) is 65.4 cm³/mol. The molecule has 0 saturated heterocycles. The fraction of sp³-hybridized carbons (Fsp3) is 0. The monoisotopic (exact) mass is 311 g/mol. The highest BCUT2D eigenvalue weighted by atomic mass is 79.9. The van der Waals surface area contributed by atoms with E-state index in [2.05, 4.69) is 20.9 Å². The van der Waals surface area contributed by atoms with Gasteiger partial charge < -0.3 is 9.84 Å². The maximum Gasteiger partial charge on any atom is 0.354 e. The average Bonchev–Trinajstić information content (AvgIpc) is 2.34. The van der Waals surface area contributed by atoms with Crippen molar-refractivity contribution < 1.29 is 19.0 Å². The van der Waals surface area contributed by atoms with Gasteiger partial charge in [0.1, 0.15) is 0 Å². The fourth-order valence-electron chi connectivity index (χ4n) is 1.26. The van der Waals surface area contributed by atoms with Crippen LogP contribution >= 0.6 is 15.9 Å². The van der Waals surface area contributed by atoms with Crippen LogP contribution in [0.2, 0.25) is 0 Å². The molecule has 1 aromatic heterocycles. The molecule has 6 heteroatoms. The lowest BCUT2D eigenvalue weighted by Crippen LogP contribution is -2.01. The second-order valence-electron chi connectivity index (χ2n) is 3.34. The summed E-state index contributed by atoms with van der Waals surface area (Å²) < 4.78 is 19.3. The zero-order valence-electron chi connectivity index (χ0n) is 8.93. The Morgan fingerprint density at radius 3 is 2.83 bits per heavy atom. The summed E-state index contributed by atoms with van der Waals surface area (Å²) in [6, 6.07) is 8.45. The van der Waals surface area contributed by atoms with Gasteiger partial charge in [0.05, 0.1) is 0 Å². The molecule has 0 bridgehead atoms. The first kappa shape index (κ1) is 12.5. The first-order valence-electron chi connectivity index (χ1n) is 4.89. The van der Waals surface area contributed by atoms with Gasteiger partial charge in [0.15, 0.2) is 17.3 Å². The summed E-state index contributed by atoms with van der Waals surface area (Å²) in [6.07, 6.45) is 0. The van der Waals surface area contributed by atoms with E-state index in [9.17, 15) is 9.18 Å². The molecule has 0 aliphatic heterocycles. The predicted octanol–water partition coefficient (Wildman–Crippen LogP) is 3.47. The van der Waals surface area contributed by atoms with Gasteiger partial charge in [-0.2, -0.15) is 0 Å². The summed E-state index contributed by atoms with van der Waals surface area (Å²) in [5, 5.41) is 8.77. The van der Waals surface area contributed by atoms with Gasteiger partial charge in [0.2, 0.25) is 5.88 Å². The summed E-state index contributed by atoms with van der Waals surface area (Å²) in [6.45, 7) is 0. The minimum Gasteiger partial charge on any atom is -0.477 e. The number of halogens is 2. The lowest BCUT2D eigenvalue weighted by Gasteiger charge is -2.06. The SMILES string of the molecule is O=C(O)c1cccc(Oc2cc(Br)ccc2F)n1. The summed E-state index contributed by atoms with van der Waals surface area (Å²) >= 11 is 3.19. The van der Waals surface area contributed by atoms with Crippen molar-refractivity contribution >= 4 is 21.9 Å². The van der Waals surface area contributed by atoms with Crippen molar-refractivity contribution in [3.05, 3.63) is 52.4 Å². The zero-order valence-corrected chi connectivity index (χ0v) is 10.5. The summed E-state index contributed by atoms with van der Waals surface area (Å²) in [5.74, 6) is -1.73. The van der Waals surface area contributed by atoms with Crippen molar-refractivity contribution in [2.45, 2.75) is 0 Å². The van der Waals surface area contributed by atoms with Crippen LogP contribution < -0.4 is 4.74 Å². The first-order chi connectivity index (χ1) is 8.56. The van der Waals surface area contributed by atoms with Crippen LogP contribution in [-0.4, -0.2) is 16.1 Å². The molecule has 2 rings (SSSR count). The standard InChI is InChI=1S/C12H7BrFNO3/c13-7-4-5-8(14)10(6-7)18-11-3-1-2-9(15-11)12(16)17/h1-6H,(H,16,17). The number of carbonyl (C=O) groups is 1. The molecular formula is C12H7BrFNO3. The highest BCUT2D eigenvalue weighted by Crippen LogP contribution is 2.26. The summed E-state index contributed by atoms with van der Waals surface area (Å²) in [4.78, 5) is 14.5. The van der Waals surface area contributed by atoms with Crippen LogP contribution in [0.1, 0.15) is 10.5 Å². The van der Waals surface area contributed by atoms with Gasteiger partial charge in [-0.1, -0.05) is 22.0 Å². The van der Waals surface area contributed by atoms with Crippen molar-refractivity contribution in [3.8, 4) is 11.6 Å². The number of rotatable bonds is 3. The highest BCUT2D eigenvalue weighted by Gasteiger charge is 2.09. The molecule has 1 heterocycles. The van der Waals surface area contributed by atoms with E-state index < -0.39 is 11.8 Å². The molecule has 1 N–H and O–H groups in total. The summed E-state index contributed by atoms with van der Waals surface area (Å²) in [5.41, 5.74) is -0.164. The lowest BCUT2D eigenvalue weighted by atomic mass is 10.3. The van der Waals surface area contributed by atoms with Crippen LogP contribution in [0, 0.1) is 5.82 Å². The van der Waals surface area contributed by atoms with E-state index in [0.29, 0.717) is 4.47 Å². The van der Waals surface area contributed by atoms with E-state index in [1.807, 2.05) is 0 Å². The van der Waals surface area contributed by atoms with Crippen LogP contribution in [0.25, 0.3) is 0 Å². The maximum atomic E-state index is 13.4. The van der Waals surface area contributed by atoms with E-state index in [1.54, 1.807) is 0 Å². The van der Waals surface area contributed by atoms with Crippen molar-refractivity contribution in [2.75, 3.05) is 0 Å². The van der Waals surface area contributed by atoms with Gasteiger partial charge in [-0.3, -0.25) is 0 Å². The molecule has 2 aromatic rings. The Kier molecular flexibility index (Phi) is 3.57. The molecule has 92 valence electrons. The molecule has 0 saturated carbocycles. The molecule has 0 unspecified atom stereocenters. The molecule has 0 spiro atoms. The number of benzene rings is 1. The molecule has 0 fully saturated rings. The van der Waals surface area contributed by atoms with E-state index in [4.69, 9.17) is 9.84 Å². The number of carboxylic acid groups (broad SMARTS) is 1. The van der Waals surface area contributed by atoms with Crippen LogP contribution in [-0.2, 0) is 0 Å². The molecular weight excluding hydrogens is 305 g/mol. The molecule has 0 atom stereocenters. The molecule has 0 amide bonds. The summed E-state index contributed by atoms with van der Waals surface area (Å²) in [7, 11) is 0. The van der Waals surface area contributed by atoms with E-state index in [1.165, 1.54) is 36.4 Å². The third-order valence-corrected chi connectivity index (χ3v) is 2.54. The van der Waals surface area contributed by atoms with Crippen LogP contribution in [0.15, 0.2) is 40.9 Å². The van der Waals surface area contributed by atoms with Gasteiger partial charge in [0.25, 0.3) is 0 Å². The molecule has 18 heavy (non-hydrogen) atoms. The number of hydrogen-bond acceptors (Lipinski definition) is 3. The number of nitrogens with zero attached hydrogens (tertiary/aromatic N) is 1. The van der Waals surface area contributed by atoms with Crippen LogP contribution in [0.3, 0.4) is 0 Å². The van der Waals surface area contributed by atoms with Crippen LogP contribution in [0.4, 0.5) is 4.39 Å². The number of hydrogen-bond donors (Lipinski definition) is 1. The zero-order chi connectivity index (χ0) is 13.1. The largest absolute Gasteiger partial charge is 0.477 e. The van der Waals surface area contributed by atoms with E-state index in [0.717, 1.165) is 0 Å².